The van der Waals surface area contributed by atoms with Gasteiger partial charge in [0.05, 0.1) is 0 Å². The van der Waals surface area contributed by atoms with Crippen molar-refractivity contribution in [1.82, 2.24) is 0 Å². The maximum absolute atomic E-state index is 12.8. The monoisotopic (exact) mass is 877 g/mol. The van der Waals surface area contributed by atoms with Crippen LogP contribution < -0.4 is 0 Å². The van der Waals surface area contributed by atoms with E-state index < -0.39 is 6.10 Å². The first-order valence-electron chi connectivity index (χ1n) is 27.8. The van der Waals surface area contributed by atoms with E-state index in [0.29, 0.717) is 19.3 Å². The molecule has 62 heavy (non-hydrogen) atoms. The topological polar surface area (TPSA) is 78.9 Å². The van der Waals surface area contributed by atoms with Gasteiger partial charge in [0.1, 0.15) is 13.2 Å². The fourth-order valence-electron chi connectivity index (χ4n) is 8.49. The van der Waals surface area contributed by atoms with Gasteiger partial charge in [-0.2, -0.15) is 0 Å². The van der Waals surface area contributed by atoms with Gasteiger partial charge in [-0.05, 0) is 31.1 Å². The van der Waals surface area contributed by atoms with Crippen LogP contribution in [0, 0.1) is 11.8 Å². The number of carbonyl (C=O) groups is 3. The van der Waals surface area contributed by atoms with Gasteiger partial charge in [0, 0.05) is 19.3 Å². The van der Waals surface area contributed by atoms with Crippen molar-refractivity contribution in [2.45, 2.75) is 317 Å². The lowest BCUT2D eigenvalue weighted by molar-refractivity contribution is -0.167. The molecular formula is C56H108O6. The van der Waals surface area contributed by atoms with Crippen molar-refractivity contribution in [1.29, 1.82) is 0 Å². The molecule has 6 heteroatoms. The third-order valence-corrected chi connectivity index (χ3v) is 13.1. The number of rotatable bonds is 50. The third-order valence-electron chi connectivity index (χ3n) is 13.1. The second-order valence-corrected chi connectivity index (χ2v) is 19.9. The number of ether oxygens (including phenoxy) is 3. The lowest BCUT2D eigenvalue weighted by atomic mass is 9.99. The number of hydrogen-bond donors (Lipinski definition) is 0. The summed E-state index contributed by atoms with van der Waals surface area (Å²) >= 11 is 0. The van der Waals surface area contributed by atoms with Crippen LogP contribution in [0.1, 0.15) is 311 Å². The molecule has 0 aromatic rings. The molecule has 0 heterocycles. The smallest absolute Gasteiger partial charge is 0.306 e. The molecule has 0 amide bonds. The van der Waals surface area contributed by atoms with E-state index >= 15 is 0 Å². The molecule has 0 spiro atoms. The minimum atomic E-state index is -0.762. The van der Waals surface area contributed by atoms with E-state index in [1.54, 1.807) is 0 Å². The van der Waals surface area contributed by atoms with E-state index in [0.717, 1.165) is 69.6 Å². The molecule has 0 saturated heterocycles. The van der Waals surface area contributed by atoms with E-state index in [1.165, 1.54) is 199 Å². The van der Waals surface area contributed by atoms with Gasteiger partial charge in [-0.25, -0.2) is 0 Å². The van der Waals surface area contributed by atoms with E-state index in [-0.39, 0.29) is 31.1 Å². The molecule has 6 nitrogen and oxygen atoms in total. The molecule has 0 aliphatic rings. The molecule has 0 saturated carbocycles. The molecule has 0 aromatic heterocycles. The second kappa shape index (κ2) is 48.9. The molecule has 0 N–H and O–H groups in total. The standard InChI is InChI=1S/C56H108O6/c1-6-8-9-10-11-12-13-14-15-16-17-18-19-26-31-36-41-46-54(57)60-49-53(50-61-55(58)47-42-37-32-27-22-20-24-29-34-39-44-51(3)4)62-56(59)48-43-38-33-28-23-21-25-30-35-40-45-52(5)7-2/h51-53H,6-50H2,1-5H3/t52?,53-/m1/s1. The van der Waals surface area contributed by atoms with Crippen LogP contribution >= 0.6 is 0 Å². The summed E-state index contributed by atoms with van der Waals surface area (Å²) in [6.07, 6.45) is 50.8. The van der Waals surface area contributed by atoms with E-state index in [9.17, 15) is 14.4 Å². The van der Waals surface area contributed by atoms with Crippen molar-refractivity contribution in [3.05, 3.63) is 0 Å². The summed E-state index contributed by atoms with van der Waals surface area (Å²) in [5.41, 5.74) is 0. The largest absolute Gasteiger partial charge is 0.462 e. The van der Waals surface area contributed by atoms with Gasteiger partial charge < -0.3 is 14.2 Å². The molecule has 0 bridgehead atoms. The van der Waals surface area contributed by atoms with Crippen molar-refractivity contribution in [2.75, 3.05) is 13.2 Å². The van der Waals surface area contributed by atoms with Crippen LogP contribution in [0.25, 0.3) is 0 Å². The molecule has 0 aliphatic heterocycles. The SMILES string of the molecule is CCCCCCCCCCCCCCCCCCCC(=O)OC[C@H](COC(=O)CCCCCCCCCCCCC(C)C)OC(=O)CCCCCCCCCCCCC(C)CC. The van der Waals surface area contributed by atoms with Crippen molar-refractivity contribution < 1.29 is 28.6 Å². The zero-order chi connectivity index (χ0) is 45.4. The summed E-state index contributed by atoms with van der Waals surface area (Å²) in [5.74, 6) is 0.842. The summed E-state index contributed by atoms with van der Waals surface area (Å²) < 4.78 is 16.9. The highest BCUT2D eigenvalue weighted by molar-refractivity contribution is 5.71. The Morgan fingerprint density at radius 3 is 0.919 bits per heavy atom. The fraction of sp³-hybridized carbons (Fsp3) is 0.946. The maximum atomic E-state index is 12.8. The first kappa shape index (κ1) is 60.4. The summed E-state index contributed by atoms with van der Waals surface area (Å²) in [7, 11) is 0. The Hall–Kier alpha value is -1.59. The molecule has 1 unspecified atom stereocenters. The van der Waals surface area contributed by atoms with Crippen LogP contribution in [0.5, 0.6) is 0 Å². The second-order valence-electron chi connectivity index (χ2n) is 19.9. The van der Waals surface area contributed by atoms with Crippen LogP contribution in [0.4, 0.5) is 0 Å². The molecule has 2 atom stereocenters. The van der Waals surface area contributed by atoms with Crippen LogP contribution in [0.15, 0.2) is 0 Å². The minimum absolute atomic E-state index is 0.0633. The van der Waals surface area contributed by atoms with Gasteiger partial charge >= 0.3 is 17.9 Å². The Bertz CT molecular complexity index is 949. The quantitative estimate of drug-likeness (QED) is 0.0344. The molecular weight excluding hydrogens is 769 g/mol. The highest BCUT2D eigenvalue weighted by atomic mass is 16.6. The van der Waals surface area contributed by atoms with Crippen molar-refractivity contribution in [2.24, 2.45) is 11.8 Å². The predicted octanol–water partition coefficient (Wildman–Crippen LogP) is 18.1. The highest BCUT2D eigenvalue weighted by Crippen LogP contribution is 2.18. The van der Waals surface area contributed by atoms with Gasteiger partial charge in [0.25, 0.3) is 0 Å². The molecule has 0 aliphatic carbocycles. The van der Waals surface area contributed by atoms with Gasteiger partial charge in [-0.1, -0.05) is 272 Å². The average Bonchev–Trinajstić information content (AvgIpc) is 3.26. The fourth-order valence-corrected chi connectivity index (χ4v) is 8.49. The lowest BCUT2D eigenvalue weighted by Crippen LogP contribution is -2.30. The van der Waals surface area contributed by atoms with E-state index in [4.69, 9.17) is 14.2 Å². The van der Waals surface area contributed by atoms with Crippen molar-refractivity contribution in [3.8, 4) is 0 Å². The molecule has 0 rings (SSSR count). The number of hydrogen-bond acceptors (Lipinski definition) is 6. The normalized spacial score (nSPS) is 12.5. The number of unbranched alkanes of at least 4 members (excludes halogenated alkanes) is 34. The Morgan fingerprint density at radius 1 is 0.339 bits per heavy atom. The summed E-state index contributed by atoms with van der Waals surface area (Å²) in [6, 6.07) is 0. The van der Waals surface area contributed by atoms with Gasteiger partial charge in [-0.3, -0.25) is 14.4 Å². The van der Waals surface area contributed by atoms with Crippen LogP contribution in [0.3, 0.4) is 0 Å². The van der Waals surface area contributed by atoms with Crippen LogP contribution in [0.2, 0.25) is 0 Å². The van der Waals surface area contributed by atoms with Crippen molar-refractivity contribution >= 4 is 17.9 Å². The molecule has 0 aromatic carbocycles. The zero-order valence-corrected chi connectivity index (χ0v) is 42.5. The Morgan fingerprint density at radius 2 is 0.613 bits per heavy atom. The summed E-state index contributed by atoms with van der Waals surface area (Å²) in [6.45, 7) is 11.4. The average molecular weight is 877 g/mol. The minimum Gasteiger partial charge on any atom is -0.462 e. The maximum Gasteiger partial charge on any atom is 0.306 e. The highest BCUT2D eigenvalue weighted by Gasteiger charge is 2.19. The van der Waals surface area contributed by atoms with E-state index in [2.05, 4.69) is 34.6 Å². The zero-order valence-electron chi connectivity index (χ0n) is 42.5. The Kier molecular flexibility index (Phi) is 47.6. The summed E-state index contributed by atoms with van der Waals surface area (Å²) in [4.78, 5) is 38.1. The van der Waals surface area contributed by atoms with Gasteiger partial charge in [0.2, 0.25) is 0 Å². The Balaban J connectivity index is 4.30. The van der Waals surface area contributed by atoms with Gasteiger partial charge in [0.15, 0.2) is 6.10 Å². The molecule has 0 radical (unpaired) electrons. The van der Waals surface area contributed by atoms with Crippen LogP contribution in [-0.2, 0) is 28.6 Å². The predicted molar refractivity (Wildman–Crippen MR) is 266 cm³/mol. The molecule has 0 fully saturated rings. The first-order chi connectivity index (χ1) is 30.3. The van der Waals surface area contributed by atoms with Gasteiger partial charge in [-0.15, -0.1) is 0 Å². The van der Waals surface area contributed by atoms with Crippen LogP contribution in [-0.4, -0.2) is 37.2 Å². The third kappa shape index (κ3) is 47.9. The number of carbonyl (C=O) groups excluding carboxylic acids is 3. The van der Waals surface area contributed by atoms with E-state index in [1.807, 2.05) is 0 Å². The Labute approximate surface area is 387 Å². The van der Waals surface area contributed by atoms with Crippen molar-refractivity contribution in [3.63, 3.8) is 0 Å². The number of esters is 3. The molecule has 368 valence electrons. The first-order valence-corrected chi connectivity index (χ1v) is 27.8. The lowest BCUT2D eigenvalue weighted by Gasteiger charge is -2.18. The summed E-state index contributed by atoms with van der Waals surface area (Å²) in [5, 5.41) is 0.